The Balaban J connectivity index is 1.95. The Hall–Kier alpha value is -2.11. The average Bonchev–Trinajstić information content (AvgIpc) is 2.61. The van der Waals surface area contributed by atoms with E-state index in [4.69, 9.17) is 4.74 Å². The van der Waals surface area contributed by atoms with Crippen molar-refractivity contribution >= 4 is 18.5 Å². The predicted molar refractivity (Wildman–Crippen MR) is 94.8 cm³/mol. The molecule has 0 radical (unpaired) electrons. The molecule has 108 valence electrons. The van der Waals surface area contributed by atoms with E-state index in [0.717, 1.165) is 11.9 Å². The number of fused-ring (bicyclic) bond motifs is 3. The molecule has 3 aromatic rings. The van der Waals surface area contributed by atoms with Crippen LogP contribution in [0.25, 0.3) is 11.1 Å². The maximum atomic E-state index is 5.62. The summed E-state index contributed by atoms with van der Waals surface area (Å²) in [6.07, 6.45) is 1.09. The molecule has 0 saturated heterocycles. The molecule has 1 atom stereocenters. The highest BCUT2D eigenvalue weighted by Crippen LogP contribution is 2.49. The third kappa shape index (κ3) is 2.14. The summed E-state index contributed by atoms with van der Waals surface area (Å²) < 4.78 is 5.62. The Morgan fingerprint density at radius 2 is 1.59 bits per heavy atom. The molecule has 0 bridgehead atoms. The Morgan fingerprint density at radius 3 is 2.41 bits per heavy atom. The van der Waals surface area contributed by atoms with Gasteiger partial charge in [-0.3, -0.25) is 0 Å². The van der Waals surface area contributed by atoms with E-state index in [1.807, 2.05) is 0 Å². The molecule has 4 rings (SSSR count). The lowest BCUT2D eigenvalue weighted by molar-refractivity contribution is 0.416. The third-order valence-corrected chi connectivity index (χ3v) is 6.74. The first-order valence-electron chi connectivity index (χ1n) is 7.46. The molecule has 1 heterocycles. The van der Waals surface area contributed by atoms with Crippen molar-refractivity contribution in [2.24, 2.45) is 0 Å². The second-order valence-electron chi connectivity index (χ2n) is 5.43. The van der Waals surface area contributed by atoms with Crippen molar-refractivity contribution in [2.75, 3.05) is 7.11 Å². The first kappa shape index (κ1) is 13.5. The number of hydrogen-bond acceptors (Lipinski definition) is 1. The summed E-state index contributed by atoms with van der Waals surface area (Å²) in [4.78, 5) is 0. The van der Waals surface area contributed by atoms with E-state index >= 15 is 0 Å². The van der Waals surface area contributed by atoms with Crippen molar-refractivity contribution in [3.63, 3.8) is 0 Å². The molecule has 3 aromatic carbocycles. The van der Waals surface area contributed by atoms with Crippen LogP contribution in [0, 0.1) is 0 Å². The zero-order chi connectivity index (χ0) is 14.9. The minimum Gasteiger partial charge on any atom is -0.496 e. The Labute approximate surface area is 132 Å². The number of rotatable bonds is 2. The van der Waals surface area contributed by atoms with E-state index in [9.17, 15) is 0 Å². The first-order chi connectivity index (χ1) is 10.9. The Kier molecular flexibility index (Phi) is 3.44. The van der Waals surface area contributed by atoms with Crippen LogP contribution in [0.4, 0.5) is 0 Å². The van der Waals surface area contributed by atoms with E-state index < -0.39 is 0 Å². The van der Waals surface area contributed by atoms with Gasteiger partial charge >= 0.3 is 0 Å². The van der Waals surface area contributed by atoms with Gasteiger partial charge in [-0.05, 0) is 35.7 Å². The Bertz CT molecular complexity index is 811. The van der Waals surface area contributed by atoms with Gasteiger partial charge in [0.1, 0.15) is 5.75 Å². The molecule has 1 unspecified atom stereocenters. The maximum Gasteiger partial charge on any atom is 0.126 e. The molecule has 1 aliphatic rings. The highest BCUT2D eigenvalue weighted by molar-refractivity contribution is 7.72. The molecule has 0 saturated carbocycles. The highest BCUT2D eigenvalue weighted by Gasteiger charge is 2.27. The van der Waals surface area contributed by atoms with Crippen LogP contribution in [0.2, 0.25) is 0 Å². The van der Waals surface area contributed by atoms with Gasteiger partial charge in [-0.15, -0.1) is 0 Å². The number of ether oxygens (including phenoxy) is 1. The standard InChI is InChI=1S/C20H17OP/c1-21-18-12-7-8-15-14-22(16-9-3-2-4-10-16)19-13-6-5-11-17(19)20(15)18/h2-13H,14H2,1H3. The fraction of sp³-hybridized carbons (Fsp3) is 0.100. The first-order valence-corrected chi connectivity index (χ1v) is 8.99. The van der Waals surface area contributed by atoms with Crippen molar-refractivity contribution < 1.29 is 4.74 Å². The van der Waals surface area contributed by atoms with Crippen LogP contribution >= 0.6 is 7.92 Å². The van der Waals surface area contributed by atoms with Crippen molar-refractivity contribution in [1.29, 1.82) is 0 Å². The van der Waals surface area contributed by atoms with Gasteiger partial charge < -0.3 is 4.74 Å². The van der Waals surface area contributed by atoms with Gasteiger partial charge in [-0.25, -0.2) is 0 Å². The third-order valence-electron chi connectivity index (χ3n) is 4.19. The van der Waals surface area contributed by atoms with E-state index in [2.05, 4.69) is 72.8 Å². The average molecular weight is 304 g/mol. The van der Waals surface area contributed by atoms with E-state index in [-0.39, 0.29) is 7.92 Å². The predicted octanol–water partition coefficient (Wildman–Crippen LogP) is 4.31. The summed E-state index contributed by atoms with van der Waals surface area (Å²) in [5.74, 6) is 0.979. The van der Waals surface area contributed by atoms with Crippen LogP contribution in [0.1, 0.15) is 5.56 Å². The maximum absolute atomic E-state index is 5.62. The Morgan fingerprint density at radius 1 is 0.818 bits per heavy atom. The fourth-order valence-electron chi connectivity index (χ4n) is 3.20. The summed E-state index contributed by atoms with van der Waals surface area (Å²) in [7, 11) is 1.41. The SMILES string of the molecule is COc1cccc2c1-c1ccccc1P(c1ccccc1)C2. The van der Waals surface area contributed by atoms with E-state index in [1.54, 1.807) is 7.11 Å². The summed E-state index contributed by atoms with van der Waals surface area (Å²) in [5, 5.41) is 2.90. The van der Waals surface area contributed by atoms with Crippen molar-refractivity contribution in [3.05, 3.63) is 78.4 Å². The lowest BCUT2D eigenvalue weighted by Gasteiger charge is -2.29. The molecule has 0 spiro atoms. The minimum atomic E-state index is -0.342. The molecule has 1 aliphatic heterocycles. The quantitative estimate of drug-likeness (QED) is 0.641. The van der Waals surface area contributed by atoms with Gasteiger partial charge in [0.15, 0.2) is 0 Å². The van der Waals surface area contributed by atoms with Gasteiger partial charge in [-0.2, -0.15) is 0 Å². The van der Waals surface area contributed by atoms with Crippen molar-refractivity contribution in [2.45, 2.75) is 6.16 Å². The van der Waals surface area contributed by atoms with Crippen LogP contribution in [-0.4, -0.2) is 7.11 Å². The molecule has 0 aliphatic carbocycles. The monoisotopic (exact) mass is 304 g/mol. The number of methoxy groups -OCH3 is 1. The van der Waals surface area contributed by atoms with E-state index in [0.29, 0.717) is 0 Å². The lowest BCUT2D eigenvalue weighted by atomic mass is 9.99. The zero-order valence-corrected chi connectivity index (χ0v) is 13.4. The van der Waals surface area contributed by atoms with Crippen molar-refractivity contribution in [1.82, 2.24) is 0 Å². The van der Waals surface area contributed by atoms with Crippen LogP contribution in [0.3, 0.4) is 0 Å². The van der Waals surface area contributed by atoms with Crippen LogP contribution in [0.15, 0.2) is 72.8 Å². The molecule has 2 heteroatoms. The van der Waals surface area contributed by atoms with Crippen molar-refractivity contribution in [3.8, 4) is 16.9 Å². The number of hydrogen-bond donors (Lipinski definition) is 0. The topological polar surface area (TPSA) is 9.23 Å². The molecule has 0 fully saturated rings. The van der Waals surface area contributed by atoms with Gasteiger partial charge in [0.25, 0.3) is 0 Å². The van der Waals surface area contributed by atoms with Crippen LogP contribution < -0.4 is 15.3 Å². The fourth-order valence-corrected chi connectivity index (χ4v) is 5.71. The second kappa shape index (κ2) is 5.59. The molecule has 22 heavy (non-hydrogen) atoms. The van der Waals surface area contributed by atoms with Crippen LogP contribution in [-0.2, 0) is 6.16 Å². The minimum absolute atomic E-state index is 0.342. The summed E-state index contributed by atoms with van der Waals surface area (Å²) >= 11 is 0. The zero-order valence-electron chi connectivity index (χ0n) is 12.5. The summed E-state index contributed by atoms with van der Waals surface area (Å²) in [6, 6.07) is 26.1. The molecule has 1 nitrogen and oxygen atoms in total. The second-order valence-corrected chi connectivity index (χ2v) is 7.60. The molecular formula is C20H17OP. The van der Waals surface area contributed by atoms with Gasteiger partial charge in [-0.1, -0.05) is 66.7 Å². The normalized spacial score (nSPS) is 15.8. The number of benzene rings is 3. The molecular weight excluding hydrogens is 287 g/mol. The van der Waals surface area contributed by atoms with E-state index in [1.165, 1.54) is 27.3 Å². The molecule has 0 aromatic heterocycles. The lowest BCUT2D eigenvalue weighted by Crippen LogP contribution is -2.19. The summed E-state index contributed by atoms with van der Waals surface area (Å²) in [6.45, 7) is 0. The molecule has 0 N–H and O–H groups in total. The smallest absolute Gasteiger partial charge is 0.126 e. The van der Waals surface area contributed by atoms with Crippen LogP contribution in [0.5, 0.6) is 5.75 Å². The highest BCUT2D eigenvalue weighted by atomic mass is 31.1. The van der Waals surface area contributed by atoms with Gasteiger partial charge in [0, 0.05) is 11.7 Å². The largest absolute Gasteiger partial charge is 0.496 e. The molecule has 0 amide bonds. The van der Waals surface area contributed by atoms with Gasteiger partial charge in [0.2, 0.25) is 0 Å². The summed E-state index contributed by atoms with van der Waals surface area (Å²) in [5.41, 5.74) is 4.00. The van der Waals surface area contributed by atoms with Gasteiger partial charge in [0.05, 0.1) is 7.11 Å².